The zero-order chi connectivity index (χ0) is 17.4. The molecule has 1 aliphatic rings. The van der Waals surface area contributed by atoms with E-state index < -0.39 is 0 Å². The molecular formula is C16H22ClN3O4. The third kappa shape index (κ3) is 5.76. The molecule has 3 N–H and O–H groups in total. The number of ether oxygens (including phenoxy) is 2. The number of morpholine rings is 1. The summed E-state index contributed by atoms with van der Waals surface area (Å²) < 4.78 is 10.2. The highest BCUT2D eigenvalue weighted by Crippen LogP contribution is 2.21. The number of hydrogen-bond donors (Lipinski definition) is 3. The number of methoxy groups -OCH3 is 1. The number of nitrogens with one attached hydrogen (secondary N) is 3. The average molecular weight is 356 g/mol. The van der Waals surface area contributed by atoms with Gasteiger partial charge in [-0.1, -0.05) is 11.6 Å². The van der Waals surface area contributed by atoms with Crippen molar-refractivity contribution in [1.29, 1.82) is 0 Å². The first-order valence-electron chi connectivity index (χ1n) is 7.78. The van der Waals surface area contributed by atoms with Crippen molar-refractivity contribution in [3.63, 3.8) is 0 Å². The molecule has 0 aliphatic carbocycles. The van der Waals surface area contributed by atoms with E-state index in [1.54, 1.807) is 25.3 Å². The summed E-state index contributed by atoms with van der Waals surface area (Å²) in [4.78, 5) is 24.0. The van der Waals surface area contributed by atoms with Gasteiger partial charge in [-0.25, -0.2) is 0 Å². The molecule has 1 saturated heterocycles. The normalized spacial score (nSPS) is 17.3. The topological polar surface area (TPSA) is 88.7 Å². The van der Waals surface area contributed by atoms with Gasteiger partial charge in [0.15, 0.2) is 0 Å². The lowest BCUT2D eigenvalue weighted by Gasteiger charge is -2.23. The second-order valence-corrected chi connectivity index (χ2v) is 5.83. The number of benzene rings is 1. The van der Waals surface area contributed by atoms with Gasteiger partial charge < -0.3 is 25.4 Å². The predicted molar refractivity (Wildman–Crippen MR) is 91.5 cm³/mol. The Labute approximate surface area is 146 Å². The lowest BCUT2D eigenvalue weighted by atomic mass is 10.1. The minimum absolute atomic E-state index is 0.0139. The van der Waals surface area contributed by atoms with Crippen LogP contribution in [-0.4, -0.2) is 57.9 Å². The standard InChI is InChI=1S/C16H22ClN3O4/c1-23-6-4-19-16(22)13-3-2-11(8-14(13)17)20-15(21)9-12-10-24-7-5-18-12/h2-3,8,12,18H,4-7,9-10H2,1H3,(H,19,22)(H,20,21). The van der Waals surface area contributed by atoms with E-state index in [0.29, 0.717) is 44.0 Å². The fraction of sp³-hybridized carbons (Fsp3) is 0.500. The van der Waals surface area contributed by atoms with Crippen LogP contribution in [0.15, 0.2) is 18.2 Å². The fourth-order valence-corrected chi connectivity index (χ4v) is 2.59. The van der Waals surface area contributed by atoms with Crippen LogP contribution in [0.1, 0.15) is 16.8 Å². The van der Waals surface area contributed by atoms with Crippen LogP contribution in [-0.2, 0) is 14.3 Å². The van der Waals surface area contributed by atoms with Crippen molar-refractivity contribution in [2.45, 2.75) is 12.5 Å². The van der Waals surface area contributed by atoms with Crippen LogP contribution in [0.5, 0.6) is 0 Å². The van der Waals surface area contributed by atoms with E-state index in [2.05, 4.69) is 16.0 Å². The van der Waals surface area contributed by atoms with Gasteiger partial charge in [-0.05, 0) is 18.2 Å². The summed E-state index contributed by atoms with van der Waals surface area (Å²) in [5, 5.41) is 8.98. The molecule has 1 aliphatic heterocycles. The summed E-state index contributed by atoms with van der Waals surface area (Å²) in [5.74, 6) is -0.412. The first-order chi connectivity index (χ1) is 11.6. The van der Waals surface area contributed by atoms with E-state index in [0.717, 1.165) is 6.54 Å². The van der Waals surface area contributed by atoms with Gasteiger partial charge in [-0.3, -0.25) is 9.59 Å². The highest BCUT2D eigenvalue weighted by atomic mass is 35.5. The molecule has 8 heteroatoms. The Bertz CT molecular complexity index is 576. The van der Waals surface area contributed by atoms with E-state index in [9.17, 15) is 9.59 Å². The highest BCUT2D eigenvalue weighted by Gasteiger charge is 2.17. The summed E-state index contributed by atoms with van der Waals surface area (Å²) in [6.45, 7) is 2.77. The van der Waals surface area contributed by atoms with Crippen molar-refractivity contribution >= 4 is 29.1 Å². The van der Waals surface area contributed by atoms with Gasteiger partial charge in [0, 0.05) is 38.3 Å². The van der Waals surface area contributed by atoms with Crippen LogP contribution in [0.3, 0.4) is 0 Å². The maximum atomic E-state index is 12.0. The van der Waals surface area contributed by atoms with E-state index in [-0.39, 0.29) is 22.9 Å². The molecule has 0 spiro atoms. The summed E-state index contributed by atoms with van der Waals surface area (Å²) in [7, 11) is 1.56. The summed E-state index contributed by atoms with van der Waals surface area (Å²) >= 11 is 6.14. The van der Waals surface area contributed by atoms with E-state index in [1.807, 2.05) is 0 Å². The monoisotopic (exact) mass is 355 g/mol. The summed E-state index contributed by atoms with van der Waals surface area (Å²) in [5.41, 5.74) is 0.906. The number of halogens is 1. The molecule has 1 atom stereocenters. The van der Waals surface area contributed by atoms with Crippen molar-refractivity contribution in [1.82, 2.24) is 10.6 Å². The molecule has 0 aromatic heterocycles. The van der Waals surface area contributed by atoms with Crippen LogP contribution in [0.4, 0.5) is 5.69 Å². The van der Waals surface area contributed by atoms with E-state index in [1.165, 1.54) is 0 Å². The molecule has 132 valence electrons. The van der Waals surface area contributed by atoms with Crippen molar-refractivity contribution in [2.75, 3.05) is 45.3 Å². The van der Waals surface area contributed by atoms with Gasteiger partial charge in [0.2, 0.25) is 5.91 Å². The van der Waals surface area contributed by atoms with Gasteiger partial charge in [0.05, 0.1) is 30.4 Å². The van der Waals surface area contributed by atoms with Crippen LogP contribution in [0.25, 0.3) is 0 Å². The Morgan fingerprint density at radius 3 is 2.96 bits per heavy atom. The summed E-state index contributed by atoms with van der Waals surface area (Å²) in [6, 6.07) is 4.82. The maximum absolute atomic E-state index is 12.0. The molecule has 1 heterocycles. The molecule has 2 rings (SSSR count). The lowest BCUT2D eigenvalue weighted by Crippen LogP contribution is -2.43. The van der Waals surface area contributed by atoms with Gasteiger partial charge in [-0.15, -0.1) is 0 Å². The zero-order valence-electron chi connectivity index (χ0n) is 13.6. The first-order valence-corrected chi connectivity index (χ1v) is 8.15. The molecule has 2 amide bonds. The quantitative estimate of drug-likeness (QED) is 0.636. The van der Waals surface area contributed by atoms with Gasteiger partial charge in [0.1, 0.15) is 0 Å². The molecule has 24 heavy (non-hydrogen) atoms. The van der Waals surface area contributed by atoms with E-state index >= 15 is 0 Å². The minimum atomic E-state index is -0.279. The van der Waals surface area contributed by atoms with Crippen molar-refractivity contribution in [3.8, 4) is 0 Å². The highest BCUT2D eigenvalue weighted by molar-refractivity contribution is 6.34. The number of hydrogen-bond acceptors (Lipinski definition) is 5. The van der Waals surface area contributed by atoms with Crippen LogP contribution in [0, 0.1) is 0 Å². The molecule has 1 unspecified atom stereocenters. The molecule has 0 saturated carbocycles. The van der Waals surface area contributed by atoms with Crippen LogP contribution < -0.4 is 16.0 Å². The molecule has 0 radical (unpaired) electrons. The summed E-state index contributed by atoms with van der Waals surface area (Å²) in [6.07, 6.45) is 0.316. The second-order valence-electron chi connectivity index (χ2n) is 5.42. The number of carbonyl (C=O) groups excluding carboxylic acids is 2. The Morgan fingerprint density at radius 1 is 1.46 bits per heavy atom. The first kappa shape index (κ1) is 18.7. The zero-order valence-corrected chi connectivity index (χ0v) is 14.3. The number of amides is 2. The van der Waals surface area contributed by atoms with Gasteiger partial charge in [0.25, 0.3) is 5.91 Å². The predicted octanol–water partition coefficient (Wildman–Crippen LogP) is 1.03. The fourth-order valence-electron chi connectivity index (χ4n) is 2.33. The Kier molecular flexibility index (Phi) is 7.45. The number of carbonyl (C=O) groups is 2. The van der Waals surface area contributed by atoms with Crippen molar-refractivity contribution < 1.29 is 19.1 Å². The van der Waals surface area contributed by atoms with Gasteiger partial charge in [-0.2, -0.15) is 0 Å². The molecule has 1 aromatic carbocycles. The molecule has 1 aromatic rings. The van der Waals surface area contributed by atoms with Crippen LogP contribution >= 0.6 is 11.6 Å². The molecular weight excluding hydrogens is 334 g/mol. The smallest absolute Gasteiger partial charge is 0.252 e. The van der Waals surface area contributed by atoms with Crippen molar-refractivity contribution in [3.05, 3.63) is 28.8 Å². The number of rotatable bonds is 7. The number of anilines is 1. The molecule has 7 nitrogen and oxygen atoms in total. The molecule has 0 bridgehead atoms. The van der Waals surface area contributed by atoms with Crippen LogP contribution in [0.2, 0.25) is 5.02 Å². The lowest BCUT2D eigenvalue weighted by molar-refractivity contribution is -0.117. The van der Waals surface area contributed by atoms with Gasteiger partial charge >= 0.3 is 0 Å². The Morgan fingerprint density at radius 2 is 2.29 bits per heavy atom. The molecule has 1 fully saturated rings. The van der Waals surface area contributed by atoms with E-state index in [4.69, 9.17) is 21.1 Å². The largest absolute Gasteiger partial charge is 0.383 e. The average Bonchev–Trinajstić information content (AvgIpc) is 2.56. The SMILES string of the molecule is COCCNC(=O)c1ccc(NC(=O)CC2COCCN2)cc1Cl. The Balaban J connectivity index is 1.88. The van der Waals surface area contributed by atoms with Crippen molar-refractivity contribution in [2.24, 2.45) is 0 Å². The third-order valence-electron chi connectivity index (χ3n) is 3.52. The third-order valence-corrected chi connectivity index (χ3v) is 3.83. The Hall–Kier alpha value is -1.67. The minimum Gasteiger partial charge on any atom is -0.383 e. The maximum Gasteiger partial charge on any atom is 0.252 e. The second kappa shape index (κ2) is 9.58.